The number of carbonyl (C=O) groups is 2. The first-order valence-corrected chi connectivity index (χ1v) is 18.2. The third-order valence-corrected chi connectivity index (χ3v) is 11.4. The fourth-order valence-corrected chi connectivity index (χ4v) is 8.66. The summed E-state index contributed by atoms with van der Waals surface area (Å²) >= 11 is 13.9. The average Bonchev–Trinajstić information content (AvgIpc) is 3.70. The van der Waals surface area contributed by atoms with Gasteiger partial charge in [0, 0.05) is 67.9 Å². The van der Waals surface area contributed by atoms with Crippen LogP contribution in [0.5, 0.6) is 17.6 Å². The van der Waals surface area contributed by atoms with E-state index in [-0.39, 0.29) is 23.5 Å². The van der Waals surface area contributed by atoms with Crippen molar-refractivity contribution in [1.29, 1.82) is 0 Å². The molecular weight excluding hydrogens is 705 g/mol. The SMILES string of the molecule is COc1nc(-c2cccc(-c3cccc4c3CC[C@@H]4Oc3nc(OC)c(CN4CC(C(=O)O)C4)cc3Cl)c2Cl)ccc1CN1CC2(CCC(=O)N2)C1. The molecule has 4 aromatic rings. The molecule has 4 aliphatic rings. The number of likely N-dealkylation sites (tertiary alicyclic amines) is 2. The molecule has 2 N–H and O–H groups in total. The third kappa shape index (κ3) is 6.44. The monoisotopic (exact) mass is 743 g/mol. The van der Waals surface area contributed by atoms with Crippen molar-refractivity contribution in [2.24, 2.45) is 5.92 Å². The number of methoxy groups -OCH3 is 2. The Morgan fingerprint density at radius 2 is 1.62 bits per heavy atom. The summed E-state index contributed by atoms with van der Waals surface area (Å²) in [6.07, 6.45) is 2.74. The number of ether oxygens (including phenoxy) is 3. The van der Waals surface area contributed by atoms with Gasteiger partial charge < -0.3 is 24.6 Å². The van der Waals surface area contributed by atoms with Crippen LogP contribution in [-0.4, -0.2) is 82.7 Å². The van der Waals surface area contributed by atoms with E-state index in [0.717, 1.165) is 77.0 Å². The second kappa shape index (κ2) is 13.9. The zero-order chi connectivity index (χ0) is 36.1. The number of benzene rings is 2. The number of rotatable bonds is 11. The molecule has 52 heavy (non-hydrogen) atoms. The summed E-state index contributed by atoms with van der Waals surface area (Å²) in [5, 5.41) is 13.3. The Hall–Kier alpha value is -4.42. The molecule has 270 valence electrons. The fourth-order valence-electron chi connectivity index (χ4n) is 8.12. The lowest BCUT2D eigenvalue weighted by molar-refractivity contribution is -0.147. The number of carboxylic acids is 1. The van der Waals surface area contributed by atoms with E-state index in [0.29, 0.717) is 60.3 Å². The molecule has 2 aromatic carbocycles. The van der Waals surface area contributed by atoms with Crippen LogP contribution < -0.4 is 19.5 Å². The van der Waals surface area contributed by atoms with Gasteiger partial charge in [-0.3, -0.25) is 19.4 Å². The van der Waals surface area contributed by atoms with E-state index in [9.17, 15) is 14.7 Å². The summed E-state index contributed by atoms with van der Waals surface area (Å²) in [5.41, 5.74) is 7.36. The minimum Gasteiger partial charge on any atom is -0.481 e. The highest BCUT2D eigenvalue weighted by Crippen LogP contribution is 2.45. The zero-order valence-electron chi connectivity index (χ0n) is 29.0. The summed E-state index contributed by atoms with van der Waals surface area (Å²) in [6.45, 7) is 3.78. The van der Waals surface area contributed by atoms with Crippen molar-refractivity contribution in [2.75, 3.05) is 40.4 Å². The van der Waals surface area contributed by atoms with Crippen molar-refractivity contribution in [3.8, 4) is 40.0 Å². The molecule has 1 spiro atoms. The van der Waals surface area contributed by atoms with Gasteiger partial charge in [-0.1, -0.05) is 65.7 Å². The molecule has 13 heteroatoms. The first-order chi connectivity index (χ1) is 25.1. The summed E-state index contributed by atoms with van der Waals surface area (Å²) < 4.78 is 17.8. The fraction of sp³-hybridized carbons (Fsp3) is 0.385. The predicted octanol–water partition coefficient (Wildman–Crippen LogP) is 6.18. The van der Waals surface area contributed by atoms with E-state index in [4.69, 9.17) is 42.4 Å². The standard InChI is InChI=1S/C39H39Cl2N5O6/c1-50-35-22(16-46-20-39(21-46)14-13-33(47)44-39)9-11-31(42-35)29-8-4-7-28(34(29)41)25-5-3-6-27-26(25)10-12-32(27)52-37-30(40)15-23(36(43-37)51-2)17-45-18-24(19-45)38(48)49/h3-9,11,15,24,32H,10,12-14,16-21H2,1-2H3,(H,44,47)(H,48,49)/t32-/m0/s1. The third-order valence-electron chi connectivity index (χ3n) is 10.7. The van der Waals surface area contributed by atoms with E-state index in [1.807, 2.05) is 41.3 Å². The number of halogens is 2. The van der Waals surface area contributed by atoms with Gasteiger partial charge in [-0.05, 0) is 48.1 Å². The maximum absolute atomic E-state index is 11.8. The number of hydrogen-bond acceptors (Lipinski definition) is 9. The number of nitrogens with zero attached hydrogens (tertiary/aromatic N) is 4. The lowest BCUT2D eigenvalue weighted by atomic mass is 9.88. The minimum atomic E-state index is -0.782. The van der Waals surface area contributed by atoms with E-state index in [2.05, 4.69) is 27.3 Å². The highest BCUT2D eigenvalue weighted by molar-refractivity contribution is 6.36. The van der Waals surface area contributed by atoms with Gasteiger partial charge in [-0.15, -0.1) is 0 Å². The second-order valence-electron chi connectivity index (χ2n) is 14.2. The van der Waals surface area contributed by atoms with Crippen LogP contribution in [0.15, 0.2) is 54.6 Å². The molecule has 3 aliphatic heterocycles. The summed E-state index contributed by atoms with van der Waals surface area (Å²) in [7, 11) is 3.18. The van der Waals surface area contributed by atoms with Crippen LogP contribution in [0, 0.1) is 5.92 Å². The van der Waals surface area contributed by atoms with Gasteiger partial charge in [0.25, 0.3) is 0 Å². The van der Waals surface area contributed by atoms with Gasteiger partial charge in [-0.2, -0.15) is 4.98 Å². The van der Waals surface area contributed by atoms with E-state index >= 15 is 0 Å². The molecule has 1 aliphatic carbocycles. The first kappa shape index (κ1) is 34.7. The van der Waals surface area contributed by atoms with Crippen LogP contribution in [0.4, 0.5) is 0 Å². The lowest BCUT2D eigenvalue weighted by Crippen LogP contribution is -2.66. The van der Waals surface area contributed by atoms with Gasteiger partial charge >= 0.3 is 5.97 Å². The van der Waals surface area contributed by atoms with Gasteiger partial charge in [0.1, 0.15) is 11.1 Å². The Morgan fingerprint density at radius 3 is 2.35 bits per heavy atom. The molecule has 1 amide bonds. The Morgan fingerprint density at radius 1 is 0.904 bits per heavy atom. The van der Waals surface area contributed by atoms with E-state index in [1.54, 1.807) is 20.3 Å². The highest BCUT2D eigenvalue weighted by Gasteiger charge is 2.47. The number of carboxylic acid groups (broad SMARTS) is 1. The summed E-state index contributed by atoms with van der Waals surface area (Å²) in [4.78, 5) is 36.8. The van der Waals surface area contributed by atoms with Crippen LogP contribution in [0.1, 0.15) is 47.6 Å². The summed E-state index contributed by atoms with van der Waals surface area (Å²) in [6, 6.07) is 18.0. The lowest BCUT2D eigenvalue weighted by Gasteiger charge is -2.48. The van der Waals surface area contributed by atoms with Crippen molar-refractivity contribution >= 4 is 35.1 Å². The van der Waals surface area contributed by atoms with Crippen LogP contribution >= 0.6 is 23.2 Å². The van der Waals surface area contributed by atoms with Crippen molar-refractivity contribution < 1.29 is 28.9 Å². The average molecular weight is 745 g/mol. The van der Waals surface area contributed by atoms with E-state index < -0.39 is 5.97 Å². The Bertz CT molecular complexity index is 2070. The van der Waals surface area contributed by atoms with Crippen molar-refractivity contribution in [3.05, 3.63) is 86.9 Å². The van der Waals surface area contributed by atoms with Crippen LogP contribution in [0.2, 0.25) is 10.0 Å². The Labute approximate surface area is 311 Å². The first-order valence-electron chi connectivity index (χ1n) is 17.5. The predicted molar refractivity (Wildman–Crippen MR) is 196 cm³/mol. The Kier molecular flexibility index (Phi) is 9.23. The van der Waals surface area contributed by atoms with E-state index in [1.165, 1.54) is 0 Å². The van der Waals surface area contributed by atoms with Gasteiger partial charge in [0.2, 0.25) is 23.5 Å². The topological polar surface area (TPSA) is 126 Å². The van der Waals surface area contributed by atoms with Gasteiger partial charge in [-0.25, -0.2) is 4.98 Å². The molecule has 8 rings (SSSR count). The number of aromatic nitrogens is 2. The molecule has 2 aromatic heterocycles. The molecule has 0 radical (unpaired) electrons. The number of nitrogens with one attached hydrogen (secondary N) is 1. The molecule has 1 atom stereocenters. The number of fused-ring (bicyclic) bond motifs is 1. The molecule has 3 saturated heterocycles. The van der Waals surface area contributed by atoms with Crippen LogP contribution in [0.25, 0.3) is 22.4 Å². The molecule has 5 heterocycles. The number of pyridine rings is 2. The second-order valence-corrected chi connectivity index (χ2v) is 15.0. The largest absolute Gasteiger partial charge is 0.481 e. The maximum atomic E-state index is 11.8. The molecule has 0 bridgehead atoms. The molecule has 11 nitrogen and oxygen atoms in total. The number of amides is 1. The van der Waals surface area contributed by atoms with Gasteiger partial charge in [0.15, 0.2) is 0 Å². The number of hydrogen-bond donors (Lipinski definition) is 2. The van der Waals surface area contributed by atoms with Crippen molar-refractivity contribution in [2.45, 2.75) is 50.4 Å². The van der Waals surface area contributed by atoms with Crippen molar-refractivity contribution in [1.82, 2.24) is 25.1 Å². The highest BCUT2D eigenvalue weighted by atomic mass is 35.5. The zero-order valence-corrected chi connectivity index (χ0v) is 30.5. The number of aliphatic carboxylic acids is 1. The normalized spacial score (nSPS) is 19.5. The van der Waals surface area contributed by atoms with Crippen LogP contribution in [-0.2, 0) is 29.1 Å². The maximum Gasteiger partial charge on any atom is 0.309 e. The molecule has 0 saturated carbocycles. The smallest absolute Gasteiger partial charge is 0.309 e. The van der Waals surface area contributed by atoms with Crippen LogP contribution in [0.3, 0.4) is 0 Å². The molecular formula is C39H39Cl2N5O6. The molecule has 0 unspecified atom stereocenters. The quantitative estimate of drug-likeness (QED) is 0.184. The molecule has 3 fully saturated rings. The summed E-state index contributed by atoms with van der Waals surface area (Å²) in [5.74, 6) is 0.253. The minimum absolute atomic E-state index is 0.0796. The van der Waals surface area contributed by atoms with Crippen molar-refractivity contribution in [3.63, 3.8) is 0 Å². The van der Waals surface area contributed by atoms with Gasteiger partial charge in [0.05, 0.1) is 36.4 Å². The number of carbonyl (C=O) groups excluding carboxylic acids is 1. The Balaban J connectivity index is 0.998.